The summed E-state index contributed by atoms with van der Waals surface area (Å²) >= 11 is 3.40. The van der Waals surface area contributed by atoms with Crippen molar-refractivity contribution in [2.24, 2.45) is 0 Å². The molecule has 108 valence electrons. The molecule has 0 aliphatic carbocycles. The average Bonchev–Trinajstić information content (AvgIpc) is 3.02. The molecule has 3 aromatic rings. The molecule has 0 saturated heterocycles. The lowest BCUT2D eigenvalue weighted by molar-refractivity contribution is 0.0640. The van der Waals surface area contributed by atoms with Gasteiger partial charge in [0, 0.05) is 16.9 Å². The molecule has 4 rings (SSSR count). The molecule has 1 aromatic carbocycles. The molecule has 1 aliphatic rings. The summed E-state index contributed by atoms with van der Waals surface area (Å²) in [5.74, 6) is -0.530. The minimum absolute atomic E-state index is 0.172. The predicted octanol–water partition coefficient (Wildman–Crippen LogP) is 2.89. The smallest absolute Gasteiger partial charge is 0.261 e. The molecule has 2 amide bonds. The zero-order valence-electron chi connectivity index (χ0n) is 11.4. The fourth-order valence-electron chi connectivity index (χ4n) is 2.63. The second kappa shape index (κ2) is 4.78. The van der Waals surface area contributed by atoms with Crippen molar-refractivity contribution in [3.8, 4) is 0 Å². The maximum atomic E-state index is 12.3. The Labute approximate surface area is 134 Å². The van der Waals surface area contributed by atoms with Crippen molar-refractivity contribution in [3.05, 3.63) is 70.1 Å². The summed E-state index contributed by atoms with van der Waals surface area (Å²) in [6.07, 6.45) is 3.70. The van der Waals surface area contributed by atoms with E-state index in [2.05, 4.69) is 20.9 Å². The van der Waals surface area contributed by atoms with Crippen molar-refractivity contribution in [2.45, 2.75) is 6.54 Å². The fourth-order valence-corrected chi connectivity index (χ4v) is 2.95. The quantitative estimate of drug-likeness (QED) is 0.664. The minimum atomic E-state index is -0.265. The lowest BCUT2D eigenvalue weighted by atomic mass is 10.1. The molecule has 5 nitrogen and oxygen atoms in total. The Bertz CT molecular complexity index is 897. The van der Waals surface area contributed by atoms with E-state index in [1.54, 1.807) is 24.3 Å². The van der Waals surface area contributed by atoms with Crippen LogP contribution in [0, 0.1) is 0 Å². The van der Waals surface area contributed by atoms with E-state index in [1.807, 2.05) is 28.9 Å². The SMILES string of the molecule is O=C1c2ccccc2C(=O)N1Cc1cn2ccc(Br)cc2n1. The minimum Gasteiger partial charge on any atom is -0.307 e. The van der Waals surface area contributed by atoms with E-state index < -0.39 is 0 Å². The van der Waals surface area contributed by atoms with Crippen LogP contribution in [0.2, 0.25) is 0 Å². The van der Waals surface area contributed by atoms with Gasteiger partial charge in [-0.15, -0.1) is 0 Å². The summed E-state index contributed by atoms with van der Waals surface area (Å²) in [4.78, 5) is 30.4. The van der Waals surface area contributed by atoms with Crippen molar-refractivity contribution < 1.29 is 9.59 Å². The lowest BCUT2D eigenvalue weighted by Crippen LogP contribution is -2.29. The normalized spacial score (nSPS) is 14.0. The number of nitrogens with zero attached hydrogens (tertiary/aromatic N) is 3. The van der Waals surface area contributed by atoms with Crippen molar-refractivity contribution in [1.82, 2.24) is 14.3 Å². The van der Waals surface area contributed by atoms with E-state index in [0.717, 1.165) is 10.1 Å². The number of hydrogen-bond donors (Lipinski definition) is 0. The monoisotopic (exact) mass is 355 g/mol. The number of aromatic nitrogens is 2. The van der Waals surface area contributed by atoms with E-state index in [0.29, 0.717) is 16.8 Å². The van der Waals surface area contributed by atoms with Crippen LogP contribution in [0.1, 0.15) is 26.4 Å². The molecule has 2 aromatic heterocycles. The van der Waals surface area contributed by atoms with E-state index in [1.165, 1.54) is 4.90 Å². The molecule has 0 bridgehead atoms. The highest BCUT2D eigenvalue weighted by atomic mass is 79.9. The van der Waals surface area contributed by atoms with Gasteiger partial charge in [0.15, 0.2) is 0 Å². The third kappa shape index (κ3) is 1.95. The molecule has 0 fully saturated rings. The molecule has 6 heteroatoms. The molecule has 0 atom stereocenters. The summed E-state index contributed by atoms with van der Waals surface area (Å²) in [7, 11) is 0. The molecule has 0 radical (unpaired) electrons. The van der Waals surface area contributed by atoms with Crippen LogP contribution in [-0.2, 0) is 6.54 Å². The van der Waals surface area contributed by atoms with Gasteiger partial charge in [-0.05, 0) is 24.3 Å². The highest BCUT2D eigenvalue weighted by Gasteiger charge is 2.35. The van der Waals surface area contributed by atoms with Gasteiger partial charge in [-0.2, -0.15) is 0 Å². The maximum Gasteiger partial charge on any atom is 0.261 e. The van der Waals surface area contributed by atoms with Gasteiger partial charge in [-0.25, -0.2) is 4.98 Å². The number of fused-ring (bicyclic) bond motifs is 2. The first kappa shape index (κ1) is 13.2. The molecular weight excluding hydrogens is 346 g/mol. The van der Waals surface area contributed by atoms with Crippen molar-refractivity contribution in [1.29, 1.82) is 0 Å². The predicted molar refractivity (Wildman–Crippen MR) is 83.5 cm³/mol. The zero-order valence-corrected chi connectivity index (χ0v) is 12.9. The Morgan fingerprint density at radius 2 is 1.73 bits per heavy atom. The van der Waals surface area contributed by atoms with Gasteiger partial charge in [-0.3, -0.25) is 14.5 Å². The third-order valence-corrected chi connectivity index (χ3v) is 4.16. The highest BCUT2D eigenvalue weighted by molar-refractivity contribution is 9.10. The molecule has 3 heterocycles. The van der Waals surface area contributed by atoms with Crippen LogP contribution < -0.4 is 0 Å². The van der Waals surface area contributed by atoms with Gasteiger partial charge in [0.2, 0.25) is 0 Å². The van der Waals surface area contributed by atoms with Crippen LogP contribution >= 0.6 is 15.9 Å². The third-order valence-electron chi connectivity index (χ3n) is 3.67. The van der Waals surface area contributed by atoms with Crippen molar-refractivity contribution >= 4 is 33.4 Å². The van der Waals surface area contributed by atoms with E-state index >= 15 is 0 Å². The molecule has 0 spiro atoms. The summed E-state index contributed by atoms with van der Waals surface area (Å²) in [6.45, 7) is 0.172. The Hall–Kier alpha value is -2.47. The first-order chi connectivity index (χ1) is 10.6. The van der Waals surface area contributed by atoms with Crippen LogP contribution in [0.3, 0.4) is 0 Å². The molecule has 0 saturated carbocycles. The van der Waals surface area contributed by atoms with E-state index in [4.69, 9.17) is 0 Å². The zero-order chi connectivity index (χ0) is 15.3. The number of carbonyl (C=O) groups excluding carboxylic acids is 2. The van der Waals surface area contributed by atoms with Gasteiger partial charge >= 0.3 is 0 Å². The molecule has 0 unspecified atom stereocenters. The molecule has 1 aliphatic heterocycles. The Balaban J connectivity index is 1.69. The number of carbonyl (C=O) groups is 2. The lowest BCUT2D eigenvalue weighted by Gasteiger charge is -2.11. The number of imidazole rings is 1. The second-order valence-electron chi connectivity index (χ2n) is 5.08. The number of rotatable bonds is 2. The Kier molecular flexibility index (Phi) is 2.87. The maximum absolute atomic E-state index is 12.3. The van der Waals surface area contributed by atoms with Gasteiger partial charge in [0.05, 0.1) is 23.4 Å². The van der Waals surface area contributed by atoms with E-state index in [-0.39, 0.29) is 18.4 Å². The summed E-state index contributed by atoms with van der Waals surface area (Å²) in [6, 6.07) is 10.7. The number of amides is 2. The first-order valence-electron chi connectivity index (χ1n) is 6.72. The summed E-state index contributed by atoms with van der Waals surface area (Å²) in [5, 5.41) is 0. The largest absolute Gasteiger partial charge is 0.307 e. The van der Waals surface area contributed by atoms with Crippen LogP contribution in [0.4, 0.5) is 0 Å². The van der Waals surface area contributed by atoms with Gasteiger partial charge in [0.25, 0.3) is 11.8 Å². The van der Waals surface area contributed by atoms with Crippen LogP contribution in [0.5, 0.6) is 0 Å². The standard InChI is InChI=1S/C16H10BrN3O2/c17-10-5-6-19-8-11(18-14(19)7-10)9-20-15(21)12-3-1-2-4-13(12)16(20)22/h1-8H,9H2. The topological polar surface area (TPSA) is 54.7 Å². The van der Waals surface area contributed by atoms with Crippen LogP contribution in [-0.4, -0.2) is 26.1 Å². The van der Waals surface area contributed by atoms with Crippen LogP contribution in [0.15, 0.2) is 53.3 Å². The van der Waals surface area contributed by atoms with Gasteiger partial charge in [0.1, 0.15) is 5.65 Å². The number of benzene rings is 1. The Morgan fingerprint density at radius 3 is 2.41 bits per heavy atom. The summed E-state index contributed by atoms with van der Waals surface area (Å²) < 4.78 is 2.79. The first-order valence-corrected chi connectivity index (χ1v) is 7.51. The highest BCUT2D eigenvalue weighted by Crippen LogP contribution is 2.24. The number of hydrogen-bond acceptors (Lipinski definition) is 3. The number of imide groups is 1. The molecule has 0 N–H and O–H groups in total. The number of pyridine rings is 1. The fraction of sp³-hybridized carbons (Fsp3) is 0.0625. The van der Waals surface area contributed by atoms with E-state index in [9.17, 15) is 9.59 Å². The number of halogens is 1. The summed E-state index contributed by atoms with van der Waals surface area (Å²) in [5.41, 5.74) is 2.35. The van der Waals surface area contributed by atoms with Crippen LogP contribution in [0.25, 0.3) is 5.65 Å². The average molecular weight is 356 g/mol. The Morgan fingerprint density at radius 1 is 1.05 bits per heavy atom. The second-order valence-corrected chi connectivity index (χ2v) is 6.00. The molecule has 22 heavy (non-hydrogen) atoms. The van der Waals surface area contributed by atoms with Gasteiger partial charge in [-0.1, -0.05) is 28.1 Å². The van der Waals surface area contributed by atoms with Crippen molar-refractivity contribution in [3.63, 3.8) is 0 Å². The van der Waals surface area contributed by atoms with Gasteiger partial charge < -0.3 is 4.40 Å². The van der Waals surface area contributed by atoms with Crippen molar-refractivity contribution in [2.75, 3.05) is 0 Å². The molecular formula is C16H10BrN3O2.